The van der Waals surface area contributed by atoms with Gasteiger partial charge in [0.05, 0.1) is 6.61 Å². The first-order valence-corrected chi connectivity index (χ1v) is 14.9. The Morgan fingerprint density at radius 3 is 1.92 bits per heavy atom. The van der Waals surface area contributed by atoms with E-state index in [4.69, 9.17) is 9.47 Å². The van der Waals surface area contributed by atoms with Gasteiger partial charge in [0, 0.05) is 24.5 Å². The third kappa shape index (κ3) is 7.60. The zero-order chi connectivity index (χ0) is 35.2. The number of carbonyl (C=O) groups excluding carboxylic acids is 2. The molecule has 3 aromatic carbocycles. The van der Waals surface area contributed by atoms with Gasteiger partial charge < -0.3 is 50.3 Å². The number of carbonyl (C=O) groups is 3. The fourth-order valence-electron chi connectivity index (χ4n) is 5.69. The van der Waals surface area contributed by atoms with Crippen molar-refractivity contribution in [2.75, 3.05) is 6.61 Å². The van der Waals surface area contributed by atoms with Crippen molar-refractivity contribution >= 4 is 30.1 Å². The molecule has 0 unspecified atom stereocenters. The maximum absolute atomic E-state index is 13.3. The predicted molar refractivity (Wildman–Crippen MR) is 170 cm³/mol. The molecule has 0 radical (unpaired) electrons. The Morgan fingerprint density at radius 2 is 1.40 bits per heavy atom. The second kappa shape index (κ2) is 14.6. The summed E-state index contributed by atoms with van der Waals surface area (Å²) < 4.78 is 11.3. The first kappa shape index (κ1) is 35.5. The quantitative estimate of drug-likeness (QED) is 0.0837. The Hall–Kier alpha value is -5.37. The molecule has 13 heteroatoms. The molecular formula is C35H36O13. The first-order chi connectivity index (χ1) is 22.7. The summed E-state index contributed by atoms with van der Waals surface area (Å²) in [4.78, 5) is 39.0. The number of rotatable bonds is 11. The lowest BCUT2D eigenvalue weighted by Gasteiger charge is -2.52. The van der Waals surface area contributed by atoms with Gasteiger partial charge in [0.1, 0.15) is 6.10 Å². The summed E-state index contributed by atoms with van der Waals surface area (Å²) in [6.45, 7) is 0.736. The molecule has 0 heterocycles. The number of aromatic hydroxyl groups is 4. The molecule has 3 aromatic rings. The molecule has 48 heavy (non-hydrogen) atoms. The second-order valence-electron chi connectivity index (χ2n) is 11.5. The van der Waals surface area contributed by atoms with Crippen LogP contribution in [0, 0.1) is 5.92 Å². The maximum Gasteiger partial charge on any atom is 0.336 e. The van der Waals surface area contributed by atoms with Gasteiger partial charge in [0.2, 0.25) is 0 Å². The number of carboxylic acid groups (broad SMARTS) is 1. The average Bonchev–Trinajstić information content (AvgIpc) is 3.05. The van der Waals surface area contributed by atoms with Gasteiger partial charge in [0.15, 0.2) is 40.3 Å². The number of aliphatic carboxylic acids is 1. The van der Waals surface area contributed by atoms with Crippen molar-refractivity contribution in [3.05, 3.63) is 95.1 Å². The van der Waals surface area contributed by atoms with Gasteiger partial charge in [-0.1, -0.05) is 43.3 Å². The number of esters is 2. The fourth-order valence-corrected chi connectivity index (χ4v) is 5.69. The molecule has 0 spiro atoms. The van der Waals surface area contributed by atoms with E-state index in [1.54, 1.807) is 18.2 Å². The summed E-state index contributed by atoms with van der Waals surface area (Å²) in [7, 11) is 0. The minimum atomic E-state index is -2.73. The Bertz CT molecular complexity index is 1730. The van der Waals surface area contributed by atoms with Crippen LogP contribution in [0.1, 0.15) is 35.6 Å². The van der Waals surface area contributed by atoms with Crippen LogP contribution in [-0.2, 0) is 36.7 Å². The SMILES string of the molecule is CCc1cccc(C[C@@H]2[C@@H](OC(=O)C=Cc3ccc(O)c(O)c3)[C@@](CO)(OC(=O)C=Cc3ccc(O)c(O)c3)[C@H](O)C[C@]2(O)C(=O)O)c1. The number of aryl methyl sites for hydroxylation is 1. The van der Waals surface area contributed by atoms with Crippen molar-refractivity contribution in [3.63, 3.8) is 0 Å². The lowest BCUT2D eigenvalue weighted by atomic mass is 9.63. The molecule has 8 N–H and O–H groups in total. The summed E-state index contributed by atoms with van der Waals surface area (Å²) in [5, 5.41) is 82.5. The standard InChI is InChI=1S/C35H36O13/c1-2-20-4-3-5-23(14-20)15-24-32(47-30(42)12-8-21-6-10-25(37)27(39)16-21)35(19-36,29(41)18-34(24,46)33(44)45)48-31(43)13-9-22-7-11-26(38)28(40)17-22/h3-14,16-17,24,29,32,36-41,46H,2,15,18-19H2,1H3,(H,44,45)/t24-,29-,32-,34-,35+/m1/s1. The van der Waals surface area contributed by atoms with E-state index >= 15 is 0 Å². The smallest absolute Gasteiger partial charge is 0.336 e. The van der Waals surface area contributed by atoms with E-state index < -0.39 is 83.3 Å². The van der Waals surface area contributed by atoms with Crippen LogP contribution in [0.25, 0.3) is 12.2 Å². The van der Waals surface area contributed by atoms with Crippen LogP contribution >= 0.6 is 0 Å². The highest BCUT2D eigenvalue weighted by Crippen LogP contribution is 2.46. The third-order valence-corrected chi connectivity index (χ3v) is 8.36. The van der Waals surface area contributed by atoms with Crippen molar-refractivity contribution in [1.29, 1.82) is 0 Å². The van der Waals surface area contributed by atoms with E-state index in [9.17, 15) is 55.2 Å². The molecule has 1 aliphatic carbocycles. The lowest BCUT2D eigenvalue weighted by molar-refractivity contribution is -0.266. The van der Waals surface area contributed by atoms with Crippen LogP contribution in [0.4, 0.5) is 0 Å². The Morgan fingerprint density at radius 1 is 0.833 bits per heavy atom. The number of aliphatic hydroxyl groups is 3. The third-order valence-electron chi connectivity index (χ3n) is 8.36. The number of carboxylic acids is 1. The lowest BCUT2D eigenvalue weighted by Crippen LogP contribution is -2.72. The highest BCUT2D eigenvalue weighted by atomic mass is 16.6. The molecule has 0 aliphatic heterocycles. The average molecular weight is 665 g/mol. The van der Waals surface area contributed by atoms with Crippen LogP contribution in [0.3, 0.4) is 0 Å². The van der Waals surface area contributed by atoms with Crippen LogP contribution in [0.5, 0.6) is 23.0 Å². The molecule has 1 aliphatic rings. The fraction of sp³-hybridized carbons (Fsp3) is 0.286. The largest absolute Gasteiger partial charge is 0.504 e. The first-order valence-electron chi connectivity index (χ1n) is 14.9. The van der Waals surface area contributed by atoms with Gasteiger partial charge in [-0.3, -0.25) is 0 Å². The molecule has 4 rings (SSSR count). The number of hydrogen-bond donors (Lipinski definition) is 8. The summed E-state index contributed by atoms with van der Waals surface area (Å²) in [5.74, 6) is -7.39. The molecule has 0 saturated heterocycles. The maximum atomic E-state index is 13.3. The van der Waals surface area contributed by atoms with Crippen molar-refractivity contribution < 1.29 is 64.7 Å². The van der Waals surface area contributed by atoms with Gasteiger partial charge in [0.25, 0.3) is 0 Å². The van der Waals surface area contributed by atoms with Crippen molar-refractivity contribution in [2.24, 2.45) is 5.92 Å². The number of ether oxygens (including phenoxy) is 2. The Labute approximate surface area is 274 Å². The molecule has 1 saturated carbocycles. The molecule has 5 atom stereocenters. The van der Waals surface area contributed by atoms with Gasteiger partial charge in [-0.2, -0.15) is 0 Å². The van der Waals surface area contributed by atoms with Crippen molar-refractivity contribution in [3.8, 4) is 23.0 Å². The summed E-state index contributed by atoms with van der Waals surface area (Å²) in [5.41, 5.74) is -3.30. The number of phenols is 4. The van der Waals surface area contributed by atoms with Crippen LogP contribution < -0.4 is 0 Å². The molecule has 13 nitrogen and oxygen atoms in total. The van der Waals surface area contributed by atoms with E-state index in [0.29, 0.717) is 12.0 Å². The highest BCUT2D eigenvalue weighted by Gasteiger charge is 2.66. The number of phenolic OH excluding ortho intramolecular Hbond substituents is 4. The monoisotopic (exact) mass is 664 g/mol. The number of aliphatic hydroxyl groups excluding tert-OH is 2. The molecule has 254 valence electrons. The van der Waals surface area contributed by atoms with Gasteiger partial charge >= 0.3 is 17.9 Å². The number of hydrogen-bond acceptors (Lipinski definition) is 12. The number of benzene rings is 3. The van der Waals surface area contributed by atoms with Crippen LogP contribution in [0.2, 0.25) is 0 Å². The zero-order valence-corrected chi connectivity index (χ0v) is 25.8. The molecule has 1 fully saturated rings. The van der Waals surface area contributed by atoms with E-state index in [2.05, 4.69) is 0 Å². The summed E-state index contributed by atoms with van der Waals surface area (Å²) >= 11 is 0. The normalized spacial score (nSPS) is 24.0. The van der Waals surface area contributed by atoms with Gasteiger partial charge in [-0.15, -0.1) is 0 Å². The topological polar surface area (TPSA) is 232 Å². The highest BCUT2D eigenvalue weighted by molar-refractivity contribution is 5.89. The van der Waals surface area contributed by atoms with Crippen molar-refractivity contribution in [1.82, 2.24) is 0 Å². The molecule has 0 amide bonds. The van der Waals surface area contributed by atoms with E-state index in [1.807, 2.05) is 13.0 Å². The van der Waals surface area contributed by atoms with Crippen LogP contribution in [-0.4, -0.2) is 88.8 Å². The Balaban J connectivity index is 1.77. The molecule has 0 aromatic heterocycles. The van der Waals surface area contributed by atoms with Crippen molar-refractivity contribution in [2.45, 2.75) is 49.6 Å². The Kier molecular flexibility index (Phi) is 10.8. The minimum absolute atomic E-state index is 0.251. The van der Waals surface area contributed by atoms with E-state index in [0.717, 1.165) is 29.8 Å². The predicted octanol–water partition coefficient (Wildman–Crippen LogP) is 2.42. The minimum Gasteiger partial charge on any atom is -0.504 e. The van der Waals surface area contributed by atoms with Crippen LogP contribution in [0.15, 0.2) is 72.8 Å². The second-order valence-corrected chi connectivity index (χ2v) is 11.5. The van der Waals surface area contributed by atoms with Gasteiger partial charge in [-0.25, -0.2) is 14.4 Å². The zero-order valence-electron chi connectivity index (χ0n) is 25.8. The molecular weight excluding hydrogens is 628 g/mol. The molecule has 0 bridgehead atoms. The van der Waals surface area contributed by atoms with Gasteiger partial charge in [-0.05, 0) is 71.5 Å². The van der Waals surface area contributed by atoms with E-state index in [1.165, 1.54) is 36.4 Å². The summed E-state index contributed by atoms with van der Waals surface area (Å²) in [6, 6.07) is 14.3. The summed E-state index contributed by atoms with van der Waals surface area (Å²) in [6.07, 6.45) is -0.386. The van der Waals surface area contributed by atoms with E-state index in [-0.39, 0.29) is 17.5 Å².